The van der Waals surface area contributed by atoms with E-state index in [-0.39, 0.29) is 0 Å². The third kappa shape index (κ3) is 2.29. The maximum absolute atomic E-state index is 12.0. The first kappa shape index (κ1) is 12.0. The molecule has 2 N–H and O–H groups in total. The number of hydrogen-bond donors (Lipinski definition) is 2. The van der Waals surface area contributed by atoms with Crippen LogP contribution in [0.1, 0.15) is 17.3 Å². The van der Waals surface area contributed by atoms with Gasteiger partial charge in [-0.05, 0) is 25.1 Å². The van der Waals surface area contributed by atoms with Crippen LogP contribution < -0.4 is 5.32 Å². The second kappa shape index (κ2) is 4.83. The Hall–Kier alpha value is -2.43. The Balaban J connectivity index is 2.36. The van der Waals surface area contributed by atoms with E-state index in [1.54, 1.807) is 36.5 Å². The molecule has 5 nitrogen and oxygen atoms in total. The molecule has 0 aliphatic heterocycles. The number of rotatable bonds is 3. The van der Waals surface area contributed by atoms with Crippen molar-refractivity contribution in [1.29, 1.82) is 0 Å². The summed E-state index contributed by atoms with van der Waals surface area (Å²) in [7, 11) is 0. The number of nitrogens with one attached hydrogen (secondary N) is 1. The summed E-state index contributed by atoms with van der Waals surface area (Å²) in [6.07, 6.45) is 1.64. The summed E-state index contributed by atoms with van der Waals surface area (Å²) in [6.45, 7) is 1.42. The average molecular weight is 244 g/mol. The third-order valence-corrected chi connectivity index (χ3v) is 2.61. The first-order chi connectivity index (χ1) is 8.59. The number of benzene rings is 1. The minimum absolute atomic E-state index is 0.413. The molecule has 1 amide bonds. The molecule has 0 radical (unpaired) electrons. The Kier molecular flexibility index (Phi) is 3.23. The van der Waals surface area contributed by atoms with Crippen LogP contribution in [-0.2, 0) is 4.79 Å². The van der Waals surface area contributed by atoms with E-state index in [4.69, 9.17) is 5.11 Å². The minimum atomic E-state index is -1.07. The zero-order chi connectivity index (χ0) is 13.1. The molecule has 0 saturated heterocycles. The van der Waals surface area contributed by atoms with Gasteiger partial charge in [0.1, 0.15) is 6.04 Å². The van der Waals surface area contributed by atoms with Crippen LogP contribution in [0.15, 0.2) is 36.5 Å². The van der Waals surface area contributed by atoms with Crippen LogP contribution in [0.5, 0.6) is 0 Å². The van der Waals surface area contributed by atoms with Crippen molar-refractivity contribution in [1.82, 2.24) is 10.3 Å². The molecule has 0 fully saturated rings. The number of carboxylic acid groups (broad SMARTS) is 1. The van der Waals surface area contributed by atoms with Crippen molar-refractivity contribution in [2.24, 2.45) is 0 Å². The van der Waals surface area contributed by atoms with Crippen LogP contribution in [0.2, 0.25) is 0 Å². The fourth-order valence-corrected chi connectivity index (χ4v) is 1.64. The molecule has 1 atom stereocenters. The van der Waals surface area contributed by atoms with Gasteiger partial charge in [-0.1, -0.05) is 12.1 Å². The van der Waals surface area contributed by atoms with Gasteiger partial charge in [0.25, 0.3) is 5.91 Å². The van der Waals surface area contributed by atoms with Gasteiger partial charge in [-0.25, -0.2) is 0 Å². The summed E-state index contributed by atoms with van der Waals surface area (Å²) in [5, 5.41) is 11.9. The number of carboxylic acids is 1. The van der Waals surface area contributed by atoms with Crippen LogP contribution >= 0.6 is 0 Å². The predicted molar refractivity (Wildman–Crippen MR) is 66.3 cm³/mol. The molecule has 0 saturated carbocycles. The van der Waals surface area contributed by atoms with E-state index in [2.05, 4.69) is 10.3 Å². The maximum atomic E-state index is 12.0. The summed E-state index contributed by atoms with van der Waals surface area (Å²) in [5.41, 5.74) is 1.13. The van der Waals surface area contributed by atoms with Gasteiger partial charge in [0.2, 0.25) is 0 Å². The molecular formula is C13H12N2O3. The van der Waals surface area contributed by atoms with Gasteiger partial charge in [0.15, 0.2) is 0 Å². The molecule has 0 unspecified atom stereocenters. The number of aliphatic carboxylic acids is 1. The number of carbonyl (C=O) groups excluding carboxylic acids is 1. The summed E-state index contributed by atoms with van der Waals surface area (Å²) in [5.74, 6) is -1.48. The second-order valence-electron chi connectivity index (χ2n) is 3.91. The number of carbonyl (C=O) groups is 2. The fourth-order valence-electron chi connectivity index (χ4n) is 1.64. The third-order valence-electron chi connectivity index (χ3n) is 2.61. The van der Waals surface area contributed by atoms with Gasteiger partial charge < -0.3 is 10.4 Å². The normalized spacial score (nSPS) is 12.1. The number of hydrogen-bond acceptors (Lipinski definition) is 3. The van der Waals surface area contributed by atoms with E-state index in [0.717, 1.165) is 0 Å². The van der Waals surface area contributed by atoms with Gasteiger partial charge in [-0.15, -0.1) is 0 Å². The summed E-state index contributed by atoms with van der Waals surface area (Å²) in [6, 6.07) is 7.75. The number of nitrogens with zero attached hydrogens (tertiary/aromatic N) is 1. The molecule has 1 aromatic carbocycles. The Labute approximate surface area is 103 Å². The van der Waals surface area contributed by atoms with Crippen molar-refractivity contribution in [3.63, 3.8) is 0 Å². The van der Waals surface area contributed by atoms with Gasteiger partial charge in [-0.2, -0.15) is 0 Å². The quantitative estimate of drug-likeness (QED) is 0.856. The van der Waals surface area contributed by atoms with Crippen molar-refractivity contribution in [2.75, 3.05) is 0 Å². The smallest absolute Gasteiger partial charge is 0.325 e. The summed E-state index contributed by atoms with van der Waals surface area (Å²) >= 11 is 0. The highest BCUT2D eigenvalue weighted by Gasteiger charge is 2.16. The van der Waals surface area contributed by atoms with Crippen LogP contribution in [0.3, 0.4) is 0 Å². The van der Waals surface area contributed by atoms with E-state index in [1.807, 2.05) is 0 Å². The lowest BCUT2D eigenvalue weighted by molar-refractivity contribution is -0.138. The van der Waals surface area contributed by atoms with Crippen LogP contribution in [0.4, 0.5) is 0 Å². The second-order valence-corrected chi connectivity index (χ2v) is 3.91. The first-order valence-electron chi connectivity index (χ1n) is 5.47. The largest absolute Gasteiger partial charge is 0.480 e. The van der Waals surface area contributed by atoms with E-state index in [0.29, 0.717) is 16.5 Å². The van der Waals surface area contributed by atoms with Gasteiger partial charge >= 0.3 is 5.97 Å². The van der Waals surface area contributed by atoms with Crippen molar-refractivity contribution in [3.05, 3.63) is 42.1 Å². The average Bonchev–Trinajstić information content (AvgIpc) is 2.37. The van der Waals surface area contributed by atoms with Crippen molar-refractivity contribution >= 4 is 22.8 Å². The van der Waals surface area contributed by atoms with Gasteiger partial charge in [0.05, 0.1) is 5.52 Å². The number of fused-ring (bicyclic) bond motifs is 1. The zero-order valence-electron chi connectivity index (χ0n) is 9.75. The van der Waals surface area contributed by atoms with E-state index >= 15 is 0 Å². The first-order valence-corrected chi connectivity index (χ1v) is 5.47. The number of pyridine rings is 1. The number of amides is 1. The Morgan fingerprint density at radius 3 is 2.78 bits per heavy atom. The monoisotopic (exact) mass is 244 g/mol. The van der Waals surface area contributed by atoms with Crippen molar-refractivity contribution in [2.45, 2.75) is 13.0 Å². The molecule has 18 heavy (non-hydrogen) atoms. The molecule has 1 heterocycles. The Morgan fingerprint density at radius 1 is 1.28 bits per heavy atom. The lowest BCUT2D eigenvalue weighted by Crippen LogP contribution is -2.38. The molecular weight excluding hydrogens is 232 g/mol. The van der Waals surface area contributed by atoms with Gasteiger partial charge in [0, 0.05) is 17.1 Å². The van der Waals surface area contributed by atoms with Crippen LogP contribution in [-0.4, -0.2) is 28.0 Å². The standard InChI is InChI=1S/C13H12N2O3/c1-8(13(17)18)15-12(16)10-4-2-6-11-9(10)5-3-7-14-11/h2-8H,1H3,(H,15,16)(H,17,18)/t8-/m0/s1. The van der Waals surface area contributed by atoms with Gasteiger partial charge in [-0.3, -0.25) is 14.6 Å². The molecule has 5 heteroatoms. The molecule has 0 aliphatic rings. The van der Waals surface area contributed by atoms with E-state index in [9.17, 15) is 9.59 Å². The molecule has 0 spiro atoms. The van der Waals surface area contributed by atoms with E-state index in [1.165, 1.54) is 6.92 Å². The van der Waals surface area contributed by atoms with E-state index < -0.39 is 17.9 Å². The highest BCUT2D eigenvalue weighted by Crippen LogP contribution is 2.16. The minimum Gasteiger partial charge on any atom is -0.480 e. The van der Waals surface area contributed by atoms with Crippen LogP contribution in [0, 0.1) is 0 Å². The Morgan fingerprint density at radius 2 is 2.06 bits per heavy atom. The predicted octanol–water partition coefficient (Wildman–Crippen LogP) is 1.44. The molecule has 92 valence electrons. The lowest BCUT2D eigenvalue weighted by Gasteiger charge is -2.10. The van der Waals surface area contributed by atoms with Crippen molar-refractivity contribution < 1.29 is 14.7 Å². The van der Waals surface area contributed by atoms with Crippen molar-refractivity contribution in [3.8, 4) is 0 Å². The Bertz CT molecular complexity index is 605. The summed E-state index contributed by atoms with van der Waals surface area (Å²) < 4.78 is 0. The SMILES string of the molecule is C[C@H](NC(=O)c1cccc2ncccc12)C(=O)O. The fraction of sp³-hybridized carbons (Fsp3) is 0.154. The highest BCUT2D eigenvalue weighted by atomic mass is 16.4. The topological polar surface area (TPSA) is 79.3 Å². The molecule has 1 aromatic heterocycles. The molecule has 2 aromatic rings. The zero-order valence-corrected chi connectivity index (χ0v) is 9.75. The lowest BCUT2D eigenvalue weighted by atomic mass is 10.1. The highest BCUT2D eigenvalue weighted by molar-refractivity contribution is 6.07. The molecule has 0 aliphatic carbocycles. The van der Waals surface area contributed by atoms with Crippen LogP contribution in [0.25, 0.3) is 10.9 Å². The molecule has 2 rings (SSSR count). The number of aromatic nitrogens is 1. The maximum Gasteiger partial charge on any atom is 0.325 e. The molecule has 0 bridgehead atoms. The summed E-state index contributed by atoms with van der Waals surface area (Å²) in [4.78, 5) is 26.8.